The first-order valence-corrected chi connectivity index (χ1v) is 10.7. The summed E-state index contributed by atoms with van der Waals surface area (Å²) in [7, 11) is 1.56. The van der Waals surface area contributed by atoms with Crippen LogP contribution in [0.1, 0.15) is 49.9 Å². The standard InChI is InChI=1S/C20H22N4O3S2/c1-12(2)17(15-5-4-10-28-15)22-18(25)13-6-8-14(9-7-13)21-19(26)20-24-23-16(29-20)11-27-3/h4-10,12,17H,11H2,1-3H3,(H,21,26)(H,22,25)/t17-/m1/s1. The Labute approximate surface area is 177 Å². The molecule has 29 heavy (non-hydrogen) atoms. The minimum absolute atomic E-state index is 0.0411. The van der Waals surface area contributed by atoms with E-state index in [1.54, 1.807) is 42.7 Å². The third-order valence-electron chi connectivity index (χ3n) is 4.14. The number of methoxy groups -OCH3 is 1. The summed E-state index contributed by atoms with van der Waals surface area (Å²) in [6.07, 6.45) is 0. The number of aromatic nitrogens is 2. The Kier molecular flexibility index (Phi) is 7.08. The zero-order valence-corrected chi connectivity index (χ0v) is 18.0. The van der Waals surface area contributed by atoms with Crippen LogP contribution in [0, 0.1) is 5.92 Å². The van der Waals surface area contributed by atoms with Crippen LogP contribution >= 0.6 is 22.7 Å². The van der Waals surface area contributed by atoms with Crippen LogP contribution in [0.25, 0.3) is 0 Å². The number of carbonyl (C=O) groups is 2. The number of thiophene rings is 1. The van der Waals surface area contributed by atoms with Crippen LogP contribution in [0.3, 0.4) is 0 Å². The maximum absolute atomic E-state index is 12.7. The molecule has 0 fully saturated rings. The van der Waals surface area contributed by atoms with Gasteiger partial charge in [0.05, 0.1) is 12.6 Å². The van der Waals surface area contributed by atoms with Gasteiger partial charge in [-0.15, -0.1) is 21.5 Å². The van der Waals surface area contributed by atoms with Crippen molar-refractivity contribution in [3.05, 3.63) is 62.2 Å². The lowest BCUT2D eigenvalue weighted by atomic mass is 10.0. The third kappa shape index (κ3) is 5.47. The minimum atomic E-state index is -0.348. The molecule has 0 saturated heterocycles. The van der Waals surface area contributed by atoms with Gasteiger partial charge in [0.15, 0.2) is 0 Å². The van der Waals surface area contributed by atoms with E-state index in [1.165, 1.54) is 11.3 Å². The molecular formula is C20H22N4O3S2. The number of nitrogens with one attached hydrogen (secondary N) is 2. The van der Waals surface area contributed by atoms with Gasteiger partial charge >= 0.3 is 0 Å². The number of nitrogens with zero attached hydrogens (tertiary/aromatic N) is 2. The van der Waals surface area contributed by atoms with Crippen LogP contribution in [0.2, 0.25) is 0 Å². The van der Waals surface area contributed by atoms with Crippen molar-refractivity contribution in [2.75, 3.05) is 12.4 Å². The number of hydrogen-bond acceptors (Lipinski definition) is 7. The molecule has 2 aromatic heterocycles. The normalized spacial score (nSPS) is 12.0. The molecule has 1 atom stereocenters. The molecule has 0 aliphatic carbocycles. The number of hydrogen-bond donors (Lipinski definition) is 2. The molecule has 0 saturated carbocycles. The molecule has 9 heteroatoms. The molecule has 0 aliphatic rings. The van der Waals surface area contributed by atoms with E-state index in [4.69, 9.17) is 4.74 Å². The van der Waals surface area contributed by atoms with E-state index in [-0.39, 0.29) is 28.8 Å². The largest absolute Gasteiger partial charge is 0.377 e. The Morgan fingerprint density at radius 3 is 2.48 bits per heavy atom. The first-order valence-electron chi connectivity index (χ1n) is 9.05. The van der Waals surface area contributed by atoms with E-state index in [1.807, 2.05) is 17.5 Å². The molecule has 0 bridgehead atoms. The van der Waals surface area contributed by atoms with Gasteiger partial charge in [-0.3, -0.25) is 9.59 Å². The van der Waals surface area contributed by atoms with Gasteiger partial charge in [-0.25, -0.2) is 0 Å². The highest BCUT2D eigenvalue weighted by Gasteiger charge is 2.20. The zero-order chi connectivity index (χ0) is 20.8. The molecule has 2 N–H and O–H groups in total. The molecular weight excluding hydrogens is 408 g/mol. The van der Waals surface area contributed by atoms with Crippen LogP contribution in [0.5, 0.6) is 0 Å². The van der Waals surface area contributed by atoms with E-state index >= 15 is 0 Å². The van der Waals surface area contributed by atoms with Gasteiger partial charge in [0, 0.05) is 23.2 Å². The predicted octanol–water partition coefficient (Wildman–Crippen LogP) is 4.13. The lowest BCUT2D eigenvalue weighted by Gasteiger charge is -2.21. The van der Waals surface area contributed by atoms with E-state index in [0.29, 0.717) is 22.9 Å². The second-order valence-corrected chi connectivity index (χ2v) is 8.72. The van der Waals surface area contributed by atoms with Gasteiger partial charge in [-0.2, -0.15) is 0 Å². The summed E-state index contributed by atoms with van der Waals surface area (Å²) < 4.78 is 4.98. The fourth-order valence-corrected chi connectivity index (χ4v) is 4.33. The highest BCUT2D eigenvalue weighted by Crippen LogP contribution is 2.26. The minimum Gasteiger partial charge on any atom is -0.377 e. The Hall–Kier alpha value is -2.62. The van der Waals surface area contributed by atoms with Gasteiger partial charge in [0.2, 0.25) is 5.01 Å². The van der Waals surface area contributed by atoms with Gasteiger partial charge in [0.25, 0.3) is 11.8 Å². The highest BCUT2D eigenvalue weighted by molar-refractivity contribution is 7.13. The fourth-order valence-electron chi connectivity index (χ4n) is 2.68. The molecule has 0 aliphatic heterocycles. The molecule has 152 valence electrons. The molecule has 0 unspecified atom stereocenters. The summed E-state index contributed by atoms with van der Waals surface area (Å²) in [6.45, 7) is 4.47. The van der Waals surface area contributed by atoms with E-state index in [9.17, 15) is 9.59 Å². The Morgan fingerprint density at radius 2 is 1.86 bits per heavy atom. The van der Waals surface area contributed by atoms with Crippen molar-refractivity contribution in [2.24, 2.45) is 5.92 Å². The lowest BCUT2D eigenvalue weighted by molar-refractivity contribution is 0.0926. The molecule has 0 radical (unpaired) electrons. The van der Waals surface area contributed by atoms with Crippen molar-refractivity contribution in [1.29, 1.82) is 0 Å². The summed E-state index contributed by atoms with van der Waals surface area (Å²) in [6, 6.07) is 10.7. The fraction of sp³-hybridized carbons (Fsp3) is 0.300. The molecule has 3 rings (SSSR count). The van der Waals surface area contributed by atoms with Crippen molar-refractivity contribution in [2.45, 2.75) is 26.5 Å². The summed E-state index contributed by atoms with van der Waals surface area (Å²) in [5.41, 5.74) is 1.11. The second-order valence-electron chi connectivity index (χ2n) is 6.68. The third-order valence-corrected chi connectivity index (χ3v) is 5.99. The first-order chi connectivity index (χ1) is 14.0. The molecule has 3 aromatic rings. The highest BCUT2D eigenvalue weighted by atomic mass is 32.1. The first kappa shape index (κ1) is 21.1. The molecule has 2 amide bonds. The number of ether oxygens (including phenoxy) is 1. The quantitative estimate of drug-likeness (QED) is 0.561. The summed E-state index contributed by atoms with van der Waals surface area (Å²) in [4.78, 5) is 26.1. The van der Waals surface area contributed by atoms with Gasteiger partial charge < -0.3 is 15.4 Å². The molecule has 1 aromatic carbocycles. The van der Waals surface area contributed by atoms with Crippen LogP contribution in [0.15, 0.2) is 41.8 Å². The van der Waals surface area contributed by atoms with E-state index < -0.39 is 0 Å². The van der Waals surface area contributed by atoms with E-state index in [2.05, 4.69) is 34.7 Å². The van der Waals surface area contributed by atoms with E-state index in [0.717, 1.165) is 4.88 Å². The van der Waals surface area contributed by atoms with Gasteiger partial charge in [0.1, 0.15) is 5.01 Å². The number of carbonyl (C=O) groups excluding carboxylic acids is 2. The molecule has 2 heterocycles. The van der Waals surface area contributed by atoms with Crippen LogP contribution < -0.4 is 10.6 Å². The number of amides is 2. The zero-order valence-electron chi connectivity index (χ0n) is 16.3. The second kappa shape index (κ2) is 9.73. The number of benzene rings is 1. The number of rotatable bonds is 8. The Bertz CT molecular complexity index is 953. The van der Waals surface area contributed by atoms with Crippen molar-refractivity contribution in [3.8, 4) is 0 Å². The number of anilines is 1. The lowest BCUT2D eigenvalue weighted by Crippen LogP contribution is -2.31. The van der Waals surface area contributed by atoms with Gasteiger partial charge in [-0.05, 0) is 41.6 Å². The van der Waals surface area contributed by atoms with Crippen molar-refractivity contribution in [3.63, 3.8) is 0 Å². The molecule has 7 nitrogen and oxygen atoms in total. The van der Waals surface area contributed by atoms with Crippen molar-refractivity contribution < 1.29 is 14.3 Å². The summed E-state index contributed by atoms with van der Waals surface area (Å²) in [5, 5.41) is 16.5. The maximum Gasteiger partial charge on any atom is 0.286 e. The van der Waals surface area contributed by atoms with Crippen molar-refractivity contribution in [1.82, 2.24) is 15.5 Å². The average Bonchev–Trinajstić information content (AvgIpc) is 3.39. The van der Waals surface area contributed by atoms with Crippen LogP contribution in [0.4, 0.5) is 5.69 Å². The van der Waals surface area contributed by atoms with Gasteiger partial charge in [-0.1, -0.05) is 31.3 Å². The predicted molar refractivity (Wildman–Crippen MR) is 114 cm³/mol. The monoisotopic (exact) mass is 430 g/mol. The smallest absolute Gasteiger partial charge is 0.286 e. The average molecular weight is 431 g/mol. The van der Waals surface area contributed by atoms with Crippen LogP contribution in [-0.4, -0.2) is 29.1 Å². The topological polar surface area (TPSA) is 93.2 Å². The Morgan fingerprint density at radius 1 is 1.10 bits per heavy atom. The Balaban J connectivity index is 1.63. The summed E-state index contributed by atoms with van der Waals surface area (Å²) in [5.74, 6) is -0.228. The van der Waals surface area contributed by atoms with Crippen LogP contribution in [-0.2, 0) is 11.3 Å². The molecule has 0 spiro atoms. The van der Waals surface area contributed by atoms with Crippen molar-refractivity contribution >= 4 is 40.2 Å². The maximum atomic E-state index is 12.7. The SMILES string of the molecule is COCc1nnc(C(=O)Nc2ccc(C(=O)N[C@@H](c3cccs3)C(C)C)cc2)s1. The summed E-state index contributed by atoms with van der Waals surface area (Å²) >= 11 is 2.81.